The lowest BCUT2D eigenvalue weighted by atomic mass is 10.1. The average Bonchev–Trinajstić information content (AvgIpc) is 3.16. The maximum atomic E-state index is 12.5. The molecular formula is C20H22N6O2. The highest BCUT2D eigenvalue weighted by Crippen LogP contribution is 2.30. The second kappa shape index (κ2) is 6.40. The Balaban J connectivity index is 2.13. The van der Waals surface area contributed by atoms with Crippen LogP contribution in [0.3, 0.4) is 0 Å². The van der Waals surface area contributed by atoms with Crippen LogP contribution in [0.15, 0.2) is 12.1 Å². The van der Waals surface area contributed by atoms with Crippen molar-refractivity contribution in [2.75, 3.05) is 7.11 Å². The number of fused-ring (bicyclic) bond motifs is 3. The number of methoxy groups -OCH3 is 1. The summed E-state index contributed by atoms with van der Waals surface area (Å²) in [6, 6.07) is 3.70. The largest absolute Gasteiger partial charge is 0.464 e. The van der Waals surface area contributed by atoms with E-state index in [0.717, 1.165) is 40.1 Å². The maximum Gasteiger partial charge on any atom is 0.356 e. The van der Waals surface area contributed by atoms with Crippen molar-refractivity contribution in [3.63, 3.8) is 0 Å². The lowest BCUT2D eigenvalue weighted by molar-refractivity contribution is 0.0591. The van der Waals surface area contributed by atoms with E-state index in [2.05, 4.69) is 15.2 Å². The van der Waals surface area contributed by atoms with Gasteiger partial charge in [0.2, 0.25) is 0 Å². The first kappa shape index (κ1) is 18.1. The molecule has 0 aliphatic carbocycles. The molecule has 0 atom stereocenters. The normalized spacial score (nSPS) is 11.5. The molecule has 8 nitrogen and oxygen atoms in total. The Hall–Kier alpha value is -3.29. The number of carbonyl (C=O) groups excluding carboxylic acids is 1. The quantitative estimate of drug-likeness (QED) is 0.509. The zero-order valence-electron chi connectivity index (χ0n) is 16.9. The third kappa shape index (κ3) is 2.56. The molecule has 28 heavy (non-hydrogen) atoms. The lowest BCUT2D eigenvalue weighted by Gasteiger charge is -2.08. The van der Waals surface area contributed by atoms with Crippen LogP contribution in [0.2, 0.25) is 0 Å². The van der Waals surface area contributed by atoms with Crippen LogP contribution in [0.4, 0.5) is 0 Å². The van der Waals surface area contributed by atoms with Gasteiger partial charge in [0.25, 0.3) is 0 Å². The molecule has 4 rings (SSSR count). The third-order valence-corrected chi connectivity index (χ3v) is 5.00. The fourth-order valence-corrected chi connectivity index (χ4v) is 3.78. The Morgan fingerprint density at radius 3 is 2.50 bits per heavy atom. The van der Waals surface area contributed by atoms with E-state index in [1.54, 1.807) is 6.07 Å². The van der Waals surface area contributed by atoms with E-state index in [9.17, 15) is 4.79 Å². The molecule has 144 valence electrons. The molecule has 0 aliphatic heterocycles. The van der Waals surface area contributed by atoms with Gasteiger partial charge in [-0.05, 0) is 52.3 Å². The number of rotatable bonds is 3. The van der Waals surface area contributed by atoms with E-state index in [0.29, 0.717) is 22.7 Å². The van der Waals surface area contributed by atoms with Crippen molar-refractivity contribution in [3.05, 3.63) is 40.5 Å². The number of hydrogen-bond donors (Lipinski definition) is 0. The molecule has 0 N–H and O–H groups in total. The monoisotopic (exact) mass is 378 g/mol. The fraction of sp³-hybridized carbons (Fsp3) is 0.350. The summed E-state index contributed by atoms with van der Waals surface area (Å²) >= 11 is 0. The standard InChI is InChI=1S/C20H22N6O2/c1-7-25-13(5)17(12(4)23-25)14-9-15(20(27)28-6)26-19(22-14)16-10(2)8-11(3)21-18(16)24-26/h8-9H,7H2,1-6H3. The van der Waals surface area contributed by atoms with Crippen molar-refractivity contribution < 1.29 is 9.53 Å². The number of aromatic nitrogens is 6. The minimum absolute atomic E-state index is 0.306. The molecule has 0 unspecified atom stereocenters. The summed E-state index contributed by atoms with van der Waals surface area (Å²) in [5.74, 6) is -0.478. The summed E-state index contributed by atoms with van der Waals surface area (Å²) in [6.45, 7) is 10.7. The minimum atomic E-state index is -0.478. The van der Waals surface area contributed by atoms with Crippen LogP contribution in [-0.2, 0) is 11.3 Å². The number of ether oxygens (including phenoxy) is 1. The summed E-state index contributed by atoms with van der Waals surface area (Å²) in [5.41, 5.74) is 6.78. The van der Waals surface area contributed by atoms with E-state index in [4.69, 9.17) is 9.72 Å². The summed E-state index contributed by atoms with van der Waals surface area (Å²) in [4.78, 5) is 21.9. The summed E-state index contributed by atoms with van der Waals surface area (Å²) in [6.07, 6.45) is 0. The van der Waals surface area contributed by atoms with Gasteiger partial charge in [0.05, 0.1) is 23.9 Å². The molecule has 0 amide bonds. The molecule has 0 spiro atoms. The molecule has 0 saturated carbocycles. The van der Waals surface area contributed by atoms with Crippen molar-refractivity contribution in [1.82, 2.24) is 29.4 Å². The SMILES string of the molecule is CCn1nc(C)c(-c2cc(C(=O)OC)n3nc4nc(C)cc(C)c4c3n2)c1C. The van der Waals surface area contributed by atoms with Gasteiger partial charge in [0, 0.05) is 23.5 Å². The van der Waals surface area contributed by atoms with Crippen molar-refractivity contribution >= 4 is 22.6 Å². The van der Waals surface area contributed by atoms with Crippen LogP contribution in [0, 0.1) is 27.7 Å². The van der Waals surface area contributed by atoms with Crippen LogP contribution >= 0.6 is 0 Å². The van der Waals surface area contributed by atoms with Gasteiger partial charge in [-0.1, -0.05) is 0 Å². The summed E-state index contributed by atoms with van der Waals surface area (Å²) in [7, 11) is 1.36. The highest BCUT2D eigenvalue weighted by Gasteiger charge is 2.22. The molecule has 0 bridgehead atoms. The molecule has 0 saturated heterocycles. The Bertz CT molecular complexity index is 1250. The number of esters is 1. The predicted octanol–water partition coefficient (Wildman–Crippen LogP) is 3.18. The van der Waals surface area contributed by atoms with Crippen LogP contribution < -0.4 is 0 Å². The van der Waals surface area contributed by atoms with E-state index < -0.39 is 5.97 Å². The van der Waals surface area contributed by atoms with Gasteiger partial charge in [-0.2, -0.15) is 5.10 Å². The first-order chi connectivity index (χ1) is 13.3. The summed E-state index contributed by atoms with van der Waals surface area (Å²) in [5, 5.41) is 9.94. The minimum Gasteiger partial charge on any atom is -0.464 e. The zero-order chi connectivity index (χ0) is 20.2. The zero-order valence-corrected chi connectivity index (χ0v) is 16.9. The van der Waals surface area contributed by atoms with Crippen molar-refractivity contribution in [1.29, 1.82) is 0 Å². The van der Waals surface area contributed by atoms with E-state index in [-0.39, 0.29) is 0 Å². The molecule has 0 radical (unpaired) electrons. The van der Waals surface area contributed by atoms with Gasteiger partial charge in [0.1, 0.15) is 0 Å². The van der Waals surface area contributed by atoms with Crippen molar-refractivity contribution in [3.8, 4) is 11.3 Å². The molecule has 4 heterocycles. The highest BCUT2D eigenvalue weighted by molar-refractivity contribution is 5.97. The molecule has 4 aromatic rings. The third-order valence-electron chi connectivity index (χ3n) is 5.00. The van der Waals surface area contributed by atoms with Gasteiger partial charge in [-0.15, -0.1) is 5.10 Å². The lowest BCUT2D eigenvalue weighted by Crippen LogP contribution is -2.11. The second-order valence-corrected chi connectivity index (χ2v) is 6.89. The van der Waals surface area contributed by atoms with Crippen molar-refractivity contribution in [2.24, 2.45) is 0 Å². The second-order valence-electron chi connectivity index (χ2n) is 6.89. The van der Waals surface area contributed by atoms with Gasteiger partial charge in [0.15, 0.2) is 17.0 Å². The van der Waals surface area contributed by atoms with Gasteiger partial charge in [-0.25, -0.2) is 19.3 Å². The van der Waals surface area contributed by atoms with Crippen molar-refractivity contribution in [2.45, 2.75) is 41.2 Å². The summed E-state index contributed by atoms with van der Waals surface area (Å²) < 4.78 is 8.46. The fourth-order valence-electron chi connectivity index (χ4n) is 3.78. The van der Waals surface area contributed by atoms with Gasteiger partial charge >= 0.3 is 5.97 Å². The van der Waals surface area contributed by atoms with E-state index >= 15 is 0 Å². The van der Waals surface area contributed by atoms with Crippen LogP contribution in [0.1, 0.15) is 40.1 Å². The number of carbonyl (C=O) groups is 1. The highest BCUT2D eigenvalue weighted by atomic mass is 16.5. The Morgan fingerprint density at radius 2 is 1.86 bits per heavy atom. The number of aryl methyl sites for hydroxylation is 4. The van der Waals surface area contributed by atoms with Gasteiger partial charge in [-0.3, -0.25) is 4.68 Å². The maximum absolute atomic E-state index is 12.5. The smallest absolute Gasteiger partial charge is 0.356 e. The number of hydrogen-bond acceptors (Lipinski definition) is 6. The van der Waals surface area contributed by atoms with E-state index in [1.165, 1.54) is 11.6 Å². The van der Waals surface area contributed by atoms with Crippen LogP contribution in [0.25, 0.3) is 27.9 Å². The average molecular weight is 378 g/mol. The Labute approximate surface area is 162 Å². The molecule has 0 aliphatic rings. The first-order valence-corrected chi connectivity index (χ1v) is 9.16. The molecule has 8 heteroatoms. The van der Waals surface area contributed by atoms with Gasteiger partial charge < -0.3 is 4.74 Å². The van der Waals surface area contributed by atoms with E-state index in [1.807, 2.05) is 45.4 Å². The topological polar surface area (TPSA) is 87.2 Å². The Morgan fingerprint density at radius 1 is 1.11 bits per heavy atom. The molecule has 4 aromatic heterocycles. The Kier molecular flexibility index (Phi) is 4.14. The molecular weight excluding hydrogens is 356 g/mol. The number of pyridine rings is 1. The first-order valence-electron chi connectivity index (χ1n) is 9.16. The molecule has 0 fully saturated rings. The molecule has 0 aromatic carbocycles. The van der Waals surface area contributed by atoms with Crippen LogP contribution in [-0.4, -0.2) is 42.4 Å². The van der Waals surface area contributed by atoms with Crippen LogP contribution in [0.5, 0.6) is 0 Å². The number of nitrogens with zero attached hydrogens (tertiary/aromatic N) is 6. The predicted molar refractivity (Wildman–Crippen MR) is 105 cm³/mol.